The van der Waals surface area contributed by atoms with Crippen LogP contribution in [-0.4, -0.2) is 16.4 Å². The van der Waals surface area contributed by atoms with Gasteiger partial charge in [-0.3, -0.25) is 10.1 Å². The van der Waals surface area contributed by atoms with Crippen molar-refractivity contribution >= 4 is 17.3 Å². The third-order valence-corrected chi connectivity index (χ3v) is 4.52. The van der Waals surface area contributed by atoms with Gasteiger partial charge in [-0.2, -0.15) is 0 Å². The maximum absolute atomic E-state index is 10.9. The molecule has 1 fully saturated rings. The minimum Gasteiger partial charge on any atom is -0.489 e. The molecular weight excluding hydrogens is 254 g/mol. The number of benzene rings is 1. The summed E-state index contributed by atoms with van der Waals surface area (Å²) >= 11 is 6.13. The van der Waals surface area contributed by atoms with Gasteiger partial charge in [0.1, 0.15) is 11.9 Å². The number of halogens is 1. The molecule has 0 saturated heterocycles. The van der Waals surface area contributed by atoms with Gasteiger partial charge in [-0.25, -0.2) is 0 Å². The summed E-state index contributed by atoms with van der Waals surface area (Å²) in [5, 5.41) is 11.0. The third-order valence-electron chi connectivity index (χ3n) is 3.78. The number of nitrogens with zero attached hydrogens (tertiary/aromatic N) is 1. The predicted molar refractivity (Wildman–Crippen MR) is 70.3 cm³/mol. The van der Waals surface area contributed by atoms with E-state index in [1.165, 1.54) is 6.07 Å². The zero-order valence-electron chi connectivity index (χ0n) is 10.6. The summed E-state index contributed by atoms with van der Waals surface area (Å²) in [5.74, 6) is 0.575. The minimum atomic E-state index is -0.390. The van der Waals surface area contributed by atoms with Crippen molar-refractivity contribution in [2.45, 2.75) is 38.7 Å². The number of nitro groups is 1. The van der Waals surface area contributed by atoms with Crippen molar-refractivity contribution < 1.29 is 9.66 Å². The van der Waals surface area contributed by atoms with Gasteiger partial charge in [-0.1, -0.05) is 19.9 Å². The van der Waals surface area contributed by atoms with Crippen LogP contribution >= 0.6 is 11.6 Å². The van der Waals surface area contributed by atoms with Crippen LogP contribution in [0.5, 0.6) is 5.75 Å². The highest BCUT2D eigenvalue weighted by molar-refractivity contribution is 6.21. The molecule has 0 N–H and O–H groups in total. The van der Waals surface area contributed by atoms with Gasteiger partial charge < -0.3 is 4.74 Å². The lowest BCUT2D eigenvalue weighted by Crippen LogP contribution is -2.53. The standard InChI is InChI=1S/C13H16ClNO3/c1-8-9(15(16)17)5-4-6-10(8)18-12-7-11(14)13(12,2)3/h4-6,11-12H,7H2,1-3H3. The lowest BCUT2D eigenvalue weighted by atomic mass is 9.68. The minimum absolute atomic E-state index is 0.0145. The van der Waals surface area contributed by atoms with Crippen LogP contribution in [0, 0.1) is 22.5 Å². The molecule has 0 amide bonds. The Bertz CT molecular complexity index is 487. The highest BCUT2D eigenvalue weighted by Gasteiger charge is 2.49. The molecule has 1 aromatic carbocycles. The van der Waals surface area contributed by atoms with Crippen molar-refractivity contribution in [3.63, 3.8) is 0 Å². The second-order valence-electron chi connectivity index (χ2n) is 5.29. The highest BCUT2D eigenvalue weighted by Crippen LogP contribution is 2.47. The van der Waals surface area contributed by atoms with Crippen molar-refractivity contribution in [1.82, 2.24) is 0 Å². The van der Waals surface area contributed by atoms with E-state index in [4.69, 9.17) is 16.3 Å². The van der Waals surface area contributed by atoms with Crippen LogP contribution in [0.4, 0.5) is 5.69 Å². The van der Waals surface area contributed by atoms with Crippen molar-refractivity contribution in [3.8, 4) is 5.75 Å². The number of rotatable bonds is 3. The summed E-state index contributed by atoms with van der Waals surface area (Å²) < 4.78 is 5.87. The molecule has 2 unspecified atom stereocenters. The maximum atomic E-state index is 10.9. The molecule has 0 aromatic heterocycles. The fourth-order valence-corrected chi connectivity index (χ4v) is 2.42. The highest BCUT2D eigenvalue weighted by atomic mass is 35.5. The summed E-state index contributed by atoms with van der Waals surface area (Å²) in [7, 11) is 0. The van der Waals surface area contributed by atoms with E-state index in [9.17, 15) is 10.1 Å². The van der Waals surface area contributed by atoms with Gasteiger partial charge in [0.05, 0.1) is 10.5 Å². The number of ether oxygens (including phenoxy) is 1. The van der Waals surface area contributed by atoms with Gasteiger partial charge >= 0.3 is 0 Å². The van der Waals surface area contributed by atoms with Gasteiger partial charge in [0.15, 0.2) is 0 Å². The first kappa shape index (κ1) is 13.1. The molecule has 18 heavy (non-hydrogen) atoms. The molecule has 2 rings (SSSR count). The molecular formula is C13H16ClNO3. The topological polar surface area (TPSA) is 52.4 Å². The van der Waals surface area contributed by atoms with Gasteiger partial charge in [0.2, 0.25) is 0 Å². The molecule has 0 radical (unpaired) electrons. The van der Waals surface area contributed by atoms with Gasteiger partial charge in [-0.15, -0.1) is 11.6 Å². The van der Waals surface area contributed by atoms with Crippen LogP contribution in [0.2, 0.25) is 0 Å². The van der Waals surface area contributed by atoms with Crippen LogP contribution in [0.25, 0.3) is 0 Å². The number of hydrogen-bond acceptors (Lipinski definition) is 3. The lowest BCUT2D eigenvalue weighted by Gasteiger charge is -2.48. The Hall–Kier alpha value is -1.29. The first-order valence-corrected chi connectivity index (χ1v) is 6.32. The molecule has 0 aliphatic heterocycles. The van der Waals surface area contributed by atoms with Gasteiger partial charge in [0.25, 0.3) is 5.69 Å². The molecule has 1 aliphatic rings. The van der Waals surface area contributed by atoms with E-state index < -0.39 is 4.92 Å². The van der Waals surface area contributed by atoms with Crippen LogP contribution in [0.3, 0.4) is 0 Å². The van der Waals surface area contributed by atoms with Crippen LogP contribution < -0.4 is 4.74 Å². The number of hydrogen-bond donors (Lipinski definition) is 0. The largest absolute Gasteiger partial charge is 0.489 e. The predicted octanol–water partition coefficient (Wildman–Crippen LogP) is 3.69. The molecule has 0 heterocycles. The van der Waals surface area contributed by atoms with E-state index in [-0.39, 0.29) is 22.6 Å². The summed E-state index contributed by atoms with van der Waals surface area (Å²) in [6.07, 6.45) is 0.789. The van der Waals surface area contributed by atoms with E-state index >= 15 is 0 Å². The van der Waals surface area contributed by atoms with E-state index in [2.05, 4.69) is 0 Å². The molecule has 4 nitrogen and oxygen atoms in total. The summed E-state index contributed by atoms with van der Waals surface area (Å²) in [6, 6.07) is 4.89. The van der Waals surface area contributed by atoms with Crippen LogP contribution in [0.15, 0.2) is 18.2 Å². The normalized spacial score (nSPS) is 25.3. The fraction of sp³-hybridized carbons (Fsp3) is 0.538. The van der Waals surface area contributed by atoms with Gasteiger partial charge in [0, 0.05) is 23.3 Å². The van der Waals surface area contributed by atoms with E-state index in [0.29, 0.717) is 11.3 Å². The Kier molecular flexibility index (Phi) is 3.23. The second-order valence-corrected chi connectivity index (χ2v) is 5.82. The Labute approximate surface area is 111 Å². The summed E-state index contributed by atoms with van der Waals surface area (Å²) in [6.45, 7) is 5.80. The number of alkyl halides is 1. The number of nitro benzene ring substituents is 1. The fourth-order valence-electron chi connectivity index (χ4n) is 2.12. The average molecular weight is 270 g/mol. The molecule has 98 valence electrons. The maximum Gasteiger partial charge on any atom is 0.276 e. The van der Waals surface area contributed by atoms with E-state index in [1.54, 1.807) is 19.1 Å². The Morgan fingerprint density at radius 1 is 1.50 bits per heavy atom. The molecule has 0 spiro atoms. The summed E-state index contributed by atoms with van der Waals surface area (Å²) in [4.78, 5) is 10.5. The van der Waals surface area contributed by atoms with Crippen molar-refractivity contribution in [2.24, 2.45) is 5.41 Å². The van der Waals surface area contributed by atoms with E-state index in [1.807, 2.05) is 13.8 Å². The molecule has 2 atom stereocenters. The smallest absolute Gasteiger partial charge is 0.276 e. The molecule has 1 saturated carbocycles. The second kappa shape index (κ2) is 4.43. The first-order valence-electron chi connectivity index (χ1n) is 5.88. The quantitative estimate of drug-likeness (QED) is 0.478. The molecule has 1 aliphatic carbocycles. The zero-order chi connectivity index (χ0) is 13.5. The van der Waals surface area contributed by atoms with Crippen molar-refractivity contribution in [1.29, 1.82) is 0 Å². The van der Waals surface area contributed by atoms with Crippen LogP contribution in [0.1, 0.15) is 25.8 Å². The average Bonchev–Trinajstić information content (AvgIpc) is 2.30. The van der Waals surface area contributed by atoms with Crippen LogP contribution in [-0.2, 0) is 0 Å². The van der Waals surface area contributed by atoms with Crippen molar-refractivity contribution in [2.75, 3.05) is 0 Å². The first-order chi connectivity index (χ1) is 8.34. The molecule has 5 heteroatoms. The molecule has 1 aromatic rings. The van der Waals surface area contributed by atoms with E-state index in [0.717, 1.165) is 6.42 Å². The SMILES string of the molecule is Cc1c(OC2CC(Cl)C2(C)C)cccc1[N+](=O)[O-]. The van der Waals surface area contributed by atoms with Gasteiger partial charge in [-0.05, 0) is 13.0 Å². The Balaban J connectivity index is 2.21. The summed E-state index contributed by atoms with van der Waals surface area (Å²) in [5.41, 5.74) is 0.557. The molecule has 0 bridgehead atoms. The zero-order valence-corrected chi connectivity index (χ0v) is 11.4. The monoisotopic (exact) mass is 269 g/mol. The lowest BCUT2D eigenvalue weighted by molar-refractivity contribution is -0.385. The van der Waals surface area contributed by atoms with Crippen molar-refractivity contribution in [3.05, 3.63) is 33.9 Å². The third kappa shape index (κ3) is 2.05. The Morgan fingerprint density at radius 3 is 2.67 bits per heavy atom. The Morgan fingerprint density at radius 2 is 2.17 bits per heavy atom.